The molecule has 0 radical (unpaired) electrons. The molecule has 0 unspecified atom stereocenters. The summed E-state index contributed by atoms with van der Waals surface area (Å²) in [5.74, 6) is -0.447. The maximum atomic E-state index is 10.6. The molecule has 5 N–H and O–H groups in total. The average molecular weight is 271 g/mol. The van der Waals surface area contributed by atoms with Gasteiger partial charge in [-0.2, -0.15) is 8.42 Å². The topological polar surface area (TPSA) is 127 Å². The lowest BCUT2D eigenvalue weighted by atomic mass is 9.88. The van der Waals surface area contributed by atoms with Gasteiger partial charge in [0.05, 0.1) is 5.75 Å². The lowest BCUT2D eigenvalue weighted by Crippen LogP contribution is -2.49. The van der Waals surface area contributed by atoms with E-state index < -0.39 is 21.4 Å². The second kappa shape index (κ2) is 7.96. The molecule has 0 amide bonds. The molecule has 0 heterocycles. The fourth-order valence-electron chi connectivity index (χ4n) is 1.73. The first kappa shape index (κ1) is 16.8. The average Bonchev–Trinajstić information content (AvgIpc) is 2.16. The van der Waals surface area contributed by atoms with E-state index in [9.17, 15) is 8.42 Å². The first-order valence-corrected chi connectivity index (χ1v) is 7.03. The molecular weight excluding hydrogens is 250 g/mol. The van der Waals surface area contributed by atoms with Gasteiger partial charge in [-0.25, -0.2) is 0 Å². The maximum absolute atomic E-state index is 10.6. The lowest BCUT2D eigenvalue weighted by Gasteiger charge is -2.33. The van der Waals surface area contributed by atoms with Crippen molar-refractivity contribution in [2.24, 2.45) is 0 Å². The van der Waals surface area contributed by atoms with E-state index in [1.54, 1.807) is 0 Å². The number of hydrogen-bond donors (Lipinski definition) is 5. The molecule has 0 saturated carbocycles. The zero-order valence-electron chi connectivity index (χ0n) is 9.67. The van der Waals surface area contributed by atoms with Crippen LogP contribution in [0.1, 0.15) is 19.3 Å². The Labute approximate surface area is 101 Å². The number of aliphatic hydroxyl groups is 3. The Balaban J connectivity index is 4.43. The minimum absolute atomic E-state index is 0.00116. The van der Waals surface area contributed by atoms with Crippen molar-refractivity contribution < 1.29 is 28.3 Å². The quantitative estimate of drug-likeness (QED) is 0.301. The molecule has 0 aliphatic carbocycles. The van der Waals surface area contributed by atoms with E-state index in [4.69, 9.17) is 19.9 Å². The molecule has 0 atom stereocenters. The van der Waals surface area contributed by atoms with Crippen molar-refractivity contribution in [3.05, 3.63) is 0 Å². The molecule has 0 spiro atoms. The highest BCUT2D eigenvalue weighted by molar-refractivity contribution is 7.85. The van der Waals surface area contributed by atoms with Crippen LogP contribution in [-0.2, 0) is 10.1 Å². The summed E-state index contributed by atoms with van der Waals surface area (Å²) in [4.78, 5) is 0. The normalized spacial score (nSPS) is 12.9. The third kappa shape index (κ3) is 7.63. The van der Waals surface area contributed by atoms with Gasteiger partial charge in [0.25, 0.3) is 10.1 Å². The van der Waals surface area contributed by atoms with Crippen LogP contribution in [0.15, 0.2) is 0 Å². The highest BCUT2D eigenvalue weighted by atomic mass is 32.2. The SMILES string of the molecule is O=S(=O)(O)CCNC(CCO)(CCO)CCO. The van der Waals surface area contributed by atoms with Gasteiger partial charge >= 0.3 is 0 Å². The largest absolute Gasteiger partial charge is 0.396 e. The van der Waals surface area contributed by atoms with E-state index in [0.717, 1.165) is 0 Å². The minimum Gasteiger partial charge on any atom is -0.396 e. The van der Waals surface area contributed by atoms with Crippen molar-refractivity contribution in [1.82, 2.24) is 5.32 Å². The van der Waals surface area contributed by atoms with Crippen molar-refractivity contribution >= 4 is 10.1 Å². The first-order chi connectivity index (χ1) is 7.89. The predicted molar refractivity (Wildman–Crippen MR) is 62.3 cm³/mol. The van der Waals surface area contributed by atoms with Crippen molar-refractivity contribution in [2.45, 2.75) is 24.8 Å². The summed E-state index contributed by atoms with van der Waals surface area (Å²) in [5, 5.41) is 29.7. The van der Waals surface area contributed by atoms with E-state index in [1.807, 2.05) is 0 Å². The molecular formula is C9H21NO6S. The van der Waals surface area contributed by atoms with Crippen molar-refractivity contribution in [2.75, 3.05) is 32.1 Å². The molecule has 0 rings (SSSR count). The van der Waals surface area contributed by atoms with Crippen LogP contribution >= 0.6 is 0 Å². The maximum Gasteiger partial charge on any atom is 0.266 e. The highest BCUT2D eigenvalue weighted by Gasteiger charge is 2.28. The van der Waals surface area contributed by atoms with Crippen molar-refractivity contribution in [3.63, 3.8) is 0 Å². The van der Waals surface area contributed by atoms with Gasteiger partial charge in [-0.3, -0.25) is 4.55 Å². The smallest absolute Gasteiger partial charge is 0.266 e. The lowest BCUT2D eigenvalue weighted by molar-refractivity contribution is 0.133. The van der Waals surface area contributed by atoms with Crippen LogP contribution in [0.25, 0.3) is 0 Å². The molecule has 104 valence electrons. The molecule has 0 aromatic heterocycles. The monoisotopic (exact) mass is 271 g/mol. The van der Waals surface area contributed by atoms with Gasteiger partial charge in [0.1, 0.15) is 0 Å². The Kier molecular flexibility index (Phi) is 7.84. The molecule has 0 bridgehead atoms. The Bertz CT molecular complexity index is 275. The summed E-state index contributed by atoms with van der Waals surface area (Å²) in [6.07, 6.45) is 0.874. The summed E-state index contributed by atoms with van der Waals surface area (Å²) in [6.45, 7) is -0.421. The third-order valence-electron chi connectivity index (χ3n) is 2.63. The Hall–Kier alpha value is -0.250. The highest BCUT2D eigenvalue weighted by Crippen LogP contribution is 2.19. The van der Waals surface area contributed by atoms with Crippen LogP contribution in [0.2, 0.25) is 0 Å². The van der Waals surface area contributed by atoms with Gasteiger partial charge in [0.15, 0.2) is 0 Å². The van der Waals surface area contributed by atoms with Gasteiger partial charge in [-0.05, 0) is 19.3 Å². The number of rotatable bonds is 10. The third-order valence-corrected chi connectivity index (χ3v) is 3.35. The van der Waals surface area contributed by atoms with Crippen LogP contribution in [0, 0.1) is 0 Å². The Morgan fingerprint density at radius 1 is 0.941 bits per heavy atom. The molecule has 0 aromatic carbocycles. The van der Waals surface area contributed by atoms with Crippen LogP contribution in [-0.4, -0.2) is 65.9 Å². The van der Waals surface area contributed by atoms with Gasteiger partial charge in [0, 0.05) is 31.9 Å². The Morgan fingerprint density at radius 2 is 1.35 bits per heavy atom. The number of nitrogens with one attached hydrogen (secondary N) is 1. The molecule has 0 aliphatic heterocycles. The summed E-state index contributed by atoms with van der Waals surface area (Å²) >= 11 is 0. The fraction of sp³-hybridized carbons (Fsp3) is 1.00. The van der Waals surface area contributed by atoms with E-state index >= 15 is 0 Å². The van der Waals surface area contributed by atoms with E-state index in [0.29, 0.717) is 19.3 Å². The van der Waals surface area contributed by atoms with Crippen LogP contribution in [0.3, 0.4) is 0 Å². The summed E-state index contributed by atoms with van der Waals surface area (Å²) in [6, 6.07) is 0. The zero-order chi connectivity index (χ0) is 13.4. The standard InChI is InChI=1S/C9H21NO6S/c11-5-1-9(2-6-12,3-7-13)10-4-8-17(14,15)16/h10-13H,1-8H2,(H,14,15,16). The fourth-order valence-corrected chi connectivity index (χ4v) is 2.09. The molecule has 0 saturated heterocycles. The van der Waals surface area contributed by atoms with Gasteiger partial charge in [-0.1, -0.05) is 0 Å². The van der Waals surface area contributed by atoms with Crippen LogP contribution in [0.5, 0.6) is 0 Å². The van der Waals surface area contributed by atoms with Gasteiger partial charge in [-0.15, -0.1) is 0 Å². The number of hydrogen-bond acceptors (Lipinski definition) is 6. The second-order valence-corrected chi connectivity index (χ2v) is 5.49. The zero-order valence-corrected chi connectivity index (χ0v) is 10.5. The molecule has 0 aliphatic rings. The minimum atomic E-state index is -4.04. The molecule has 8 heteroatoms. The molecule has 0 fully saturated rings. The van der Waals surface area contributed by atoms with Gasteiger partial charge < -0.3 is 20.6 Å². The Morgan fingerprint density at radius 3 is 1.65 bits per heavy atom. The van der Waals surface area contributed by atoms with E-state index in [1.165, 1.54) is 0 Å². The van der Waals surface area contributed by atoms with Crippen LogP contribution in [0.4, 0.5) is 0 Å². The van der Waals surface area contributed by atoms with Gasteiger partial charge in [0.2, 0.25) is 0 Å². The van der Waals surface area contributed by atoms with Crippen molar-refractivity contribution in [3.8, 4) is 0 Å². The first-order valence-electron chi connectivity index (χ1n) is 5.42. The second-order valence-electron chi connectivity index (χ2n) is 3.91. The van der Waals surface area contributed by atoms with Crippen molar-refractivity contribution in [1.29, 1.82) is 0 Å². The summed E-state index contributed by atoms with van der Waals surface area (Å²) in [7, 11) is -4.04. The predicted octanol–water partition coefficient (Wildman–Crippen LogP) is -1.65. The molecule has 0 aromatic rings. The summed E-state index contributed by atoms with van der Waals surface area (Å²) < 4.78 is 29.7. The summed E-state index contributed by atoms with van der Waals surface area (Å²) in [5.41, 5.74) is -0.705. The molecule has 17 heavy (non-hydrogen) atoms. The van der Waals surface area contributed by atoms with Crippen LogP contribution < -0.4 is 5.32 Å². The number of aliphatic hydroxyl groups excluding tert-OH is 3. The van der Waals surface area contributed by atoms with E-state index in [-0.39, 0.29) is 26.4 Å². The van der Waals surface area contributed by atoms with E-state index in [2.05, 4.69) is 5.32 Å². The molecule has 7 nitrogen and oxygen atoms in total.